The summed E-state index contributed by atoms with van der Waals surface area (Å²) in [6, 6.07) is 2.03. The van der Waals surface area contributed by atoms with Crippen LogP contribution in [0.1, 0.15) is 6.92 Å². The van der Waals surface area contributed by atoms with E-state index in [1.54, 1.807) is 6.92 Å². The van der Waals surface area contributed by atoms with Crippen molar-refractivity contribution < 1.29 is 17.2 Å². The molecule has 90 valence electrons. The van der Waals surface area contributed by atoms with Gasteiger partial charge >= 0.3 is 0 Å². The molecule has 7 heteroatoms. The number of thiol groups is 1. The van der Waals surface area contributed by atoms with Gasteiger partial charge in [-0.15, -0.1) is 0 Å². The molecule has 0 unspecified atom stereocenters. The van der Waals surface area contributed by atoms with Crippen molar-refractivity contribution in [1.82, 2.24) is 4.72 Å². The summed E-state index contributed by atoms with van der Waals surface area (Å²) < 4.78 is 51.0. The minimum atomic E-state index is -3.82. The zero-order valence-electron chi connectivity index (χ0n) is 8.44. The molecule has 1 aromatic rings. The molecule has 0 saturated carbocycles. The highest BCUT2D eigenvalue weighted by atomic mass is 32.2. The van der Waals surface area contributed by atoms with Crippen LogP contribution in [0.2, 0.25) is 0 Å². The summed E-state index contributed by atoms with van der Waals surface area (Å²) in [7, 11) is -3.82. The Morgan fingerprint density at radius 2 is 2.00 bits per heavy atom. The Balaban J connectivity index is 3.03. The highest BCUT2D eigenvalue weighted by Crippen LogP contribution is 2.14. The first kappa shape index (κ1) is 13.4. The fourth-order valence-electron chi connectivity index (χ4n) is 1.01. The Kier molecular flexibility index (Phi) is 4.28. The molecule has 3 nitrogen and oxygen atoms in total. The molecule has 0 radical (unpaired) electrons. The van der Waals surface area contributed by atoms with Crippen molar-refractivity contribution in [3.63, 3.8) is 0 Å². The first-order valence-corrected chi connectivity index (χ1v) is 6.56. The van der Waals surface area contributed by atoms with Crippen LogP contribution in [0.25, 0.3) is 0 Å². The van der Waals surface area contributed by atoms with E-state index in [9.17, 15) is 17.2 Å². The number of sulfonamides is 1. The van der Waals surface area contributed by atoms with Crippen LogP contribution in [0.15, 0.2) is 23.1 Å². The Morgan fingerprint density at radius 1 is 1.38 bits per heavy atom. The van der Waals surface area contributed by atoms with Gasteiger partial charge in [0.05, 0.1) is 4.90 Å². The van der Waals surface area contributed by atoms with Crippen LogP contribution < -0.4 is 4.72 Å². The van der Waals surface area contributed by atoms with Crippen molar-refractivity contribution in [2.75, 3.05) is 5.75 Å². The van der Waals surface area contributed by atoms with Crippen LogP contribution in [0.3, 0.4) is 0 Å². The van der Waals surface area contributed by atoms with E-state index in [1.165, 1.54) is 0 Å². The predicted molar refractivity (Wildman–Crippen MR) is 60.0 cm³/mol. The Bertz CT molecular complexity index is 476. The van der Waals surface area contributed by atoms with Gasteiger partial charge in [-0.1, -0.05) is 0 Å². The minimum Gasteiger partial charge on any atom is -0.208 e. The summed E-state index contributed by atoms with van der Waals surface area (Å²) in [6.07, 6.45) is 0. The van der Waals surface area contributed by atoms with Crippen LogP contribution in [-0.4, -0.2) is 20.2 Å². The van der Waals surface area contributed by atoms with Crippen LogP contribution in [0.5, 0.6) is 0 Å². The van der Waals surface area contributed by atoms with E-state index in [1.807, 2.05) is 0 Å². The second-order valence-corrected chi connectivity index (χ2v) is 5.36. The van der Waals surface area contributed by atoms with Gasteiger partial charge in [0, 0.05) is 11.8 Å². The van der Waals surface area contributed by atoms with Gasteiger partial charge in [0.2, 0.25) is 10.0 Å². The first-order valence-electron chi connectivity index (χ1n) is 4.45. The van der Waals surface area contributed by atoms with Gasteiger partial charge in [-0.3, -0.25) is 0 Å². The molecule has 0 spiro atoms. The Morgan fingerprint density at radius 3 is 2.50 bits per heavy atom. The summed E-state index contributed by atoms with van der Waals surface area (Å²) in [5.41, 5.74) is 0. The summed E-state index contributed by atoms with van der Waals surface area (Å²) in [4.78, 5) is -0.306. The Labute approximate surface area is 98.3 Å². The number of benzene rings is 1. The number of hydrogen-bond acceptors (Lipinski definition) is 3. The van der Waals surface area contributed by atoms with Crippen molar-refractivity contribution in [1.29, 1.82) is 0 Å². The number of hydrogen-bond donors (Lipinski definition) is 2. The van der Waals surface area contributed by atoms with Crippen LogP contribution in [0.4, 0.5) is 8.78 Å². The van der Waals surface area contributed by atoms with E-state index < -0.39 is 21.7 Å². The van der Waals surface area contributed by atoms with E-state index in [0.717, 1.165) is 12.1 Å². The molecular formula is C9H11F2NO2S2. The highest BCUT2D eigenvalue weighted by molar-refractivity contribution is 7.89. The van der Waals surface area contributed by atoms with E-state index in [0.29, 0.717) is 11.8 Å². The van der Waals surface area contributed by atoms with E-state index in [4.69, 9.17) is 0 Å². The molecule has 1 N–H and O–H groups in total. The van der Waals surface area contributed by atoms with Crippen molar-refractivity contribution in [3.8, 4) is 0 Å². The van der Waals surface area contributed by atoms with Crippen LogP contribution in [-0.2, 0) is 10.0 Å². The number of nitrogens with one attached hydrogen (secondary N) is 1. The van der Waals surface area contributed by atoms with Gasteiger partial charge in [-0.25, -0.2) is 21.9 Å². The fourth-order valence-corrected chi connectivity index (χ4v) is 2.48. The molecule has 1 atom stereocenters. The smallest absolute Gasteiger partial charge is 0.208 e. The summed E-state index contributed by atoms with van der Waals surface area (Å²) in [5.74, 6) is -1.97. The monoisotopic (exact) mass is 267 g/mol. The third kappa shape index (κ3) is 3.16. The van der Waals surface area contributed by atoms with Crippen molar-refractivity contribution >= 4 is 22.7 Å². The van der Waals surface area contributed by atoms with Crippen molar-refractivity contribution in [2.45, 2.75) is 17.9 Å². The molecule has 0 aromatic heterocycles. The molecule has 0 bridgehead atoms. The van der Waals surface area contributed by atoms with Crippen molar-refractivity contribution in [2.24, 2.45) is 0 Å². The first-order chi connectivity index (χ1) is 7.36. The van der Waals surface area contributed by atoms with Gasteiger partial charge in [-0.05, 0) is 25.1 Å². The zero-order valence-corrected chi connectivity index (χ0v) is 10.2. The molecule has 1 rings (SSSR count). The molecule has 0 saturated heterocycles. The predicted octanol–water partition coefficient (Wildman–Crippen LogP) is 1.56. The van der Waals surface area contributed by atoms with Gasteiger partial charge in [0.15, 0.2) is 11.6 Å². The van der Waals surface area contributed by atoms with E-state index in [2.05, 4.69) is 17.4 Å². The second-order valence-electron chi connectivity index (χ2n) is 3.28. The quantitative estimate of drug-likeness (QED) is 0.813. The summed E-state index contributed by atoms with van der Waals surface area (Å²) in [6.45, 7) is 1.62. The minimum absolute atomic E-state index is 0.306. The number of rotatable bonds is 4. The molecule has 0 fully saturated rings. The normalized spacial score (nSPS) is 13.8. The lowest BCUT2D eigenvalue weighted by atomic mass is 10.3. The molecule has 0 aliphatic carbocycles. The molecule has 0 heterocycles. The van der Waals surface area contributed by atoms with Gasteiger partial charge < -0.3 is 0 Å². The van der Waals surface area contributed by atoms with Gasteiger partial charge in [-0.2, -0.15) is 12.6 Å². The maximum Gasteiger partial charge on any atom is 0.240 e. The zero-order chi connectivity index (χ0) is 12.3. The SMILES string of the molecule is C[C@H](CS)NS(=O)(=O)c1ccc(F)c(F)c1. The molecule has 0 aliphatic heterocycles. The van der Waals surface area contributed by atoms with Gasteiger partial charge in [0.1, 0.15) is 0 Å². The molecule has 1 aromatic carbocycles. The highest BCUT2D eigenvalue weighted by Gasteiger charge is 2.18. The third-order valence-electron chi connectivity index (χ3n) is 1.83. The lowest BCUT2D eigenvalue weighted by molar-refractivity contribution is 0.504. The average Bonchev–Trinajstić information content (AvgIpc) is 2.21. The third-order valence-corrected chi connectivity index (χ3v) is 3.97. The molecule has 16 heavy (non-hydrogen) atoms. The maximum absolute atomic E-state index is 12.8. The van der Waals surface area contributed by atoms with Crippen molar-refractivity contribution in [3.05, 3.63) is 29.8 Å². The summed E-state index contributed by atoms with van der Waals surface area (Å²) >= 11 is 3.92. The Hall–Kier alpha value is -0.660. The molecule has 0 aliphatic rings. The molecular weight excluding hydrogens is 256 g/mol. The number of halogens is 2. The van der Waals surface area contributed by atoms with Crippen LogP contribution in [0, 0.1) is 11.6 Å². The molecule has 0 amide bonds. The lowest BCUT2D eigenvalue weighted by Crippen LogP contribution is -2.33. The van der Waals surface area contributed by atoms with E-state index >= 15 is 0 Å². The summed E-state index contributed by atoms with van der Waals surface area (Å²) in [5, 5.41) is 0. The van der Waals surface area contributed by atoms with Crippen LogP contribution >= 0.6 is 12.6 Å². The van der Waals surface area contributed by atoms with E-state index in [-0.39, 0.29) is 10.9 Å². The topological polar surface area (TPSA) is 46.2 Å². The fraction of sp³-hybridized carbons (Fsp3) is 0.333. The maximum atomic E-state index is 12.8. The largest absolute Gasteiger partial charge is 0.240 e. The average molecular weight is 267 g/mol. The second kappa shape index (κ2) is 5.11. The van der Waals surface area contributed by atoms with Gasteiger partial charge in [0.25, 0.3) is 0 Å². The standard InChI is InChI=1S/C9H11F2NO2S2/c1-6(5-15)12-16(13,14)7-2-3-8(10)9(11)4-7/h2-4,6,12,15H,5H2,1H3/t6-/m1/s1. The lowest BCUT2D eigenvalue weighted by Gasteiger charge is -2.11.